The van der Waals surface area contributed by atoms with Crippen molar-refractivity contribution in [2.24, 2.45) is 5.92 Å². The van der Waals surface area contributed by atoms with E-state index in [1.54, 1.807) is 6.20 Å². The summed E-state index contributed by atoms with van der Waals surface area (Å²) in [6.07, 6.45) is 1.70. The van der Waals surface area contributed by atoms with Crippen molar-refractivity contribution in [1.82, 2.24) is 10.3 Å². The summed E-state index contributed by atoms with van der Waals surface area (Å²) in [6.45, 7) is 4.03. The largest absolute Gasteiger partial charge is 0.343 e. The second-order valence-corrected chi connectivity index (χ2v) is 5.93. The number of halogens is 2. The molecule has 3 nitrogen and oxygen atoms in total. The Morgan fingerprint density at radius 2 is 2.05 bits per heavy atom. The molecular weight excluding hydrogens is 335 g/mol. The van der Waals surface area contributed by atoms with Crippen LogP contribution in [0.1, 0.15) is 35.9 Å². The van der Waals surface area contributed by atoms with Crippen LogP contribution >= 0.6 is 15.9 Å². The van der Waals surface area contributed by atoms with Crippen molar-refractivity contribution in [1.29, 1.82) is 0 Å². The first-order valence-corrected chi connectivity index (χ1v) is 7.45. The summed E-state index contributed by atoms with van der Waals surface area (Å²) >= 11 is 3.21. The van der Waals surface area contributed by atoms with Crippen LogP contribution < -0.4 is 5.32 Å². The van der Waals surface area contributed by atoms with Crippen LogP contribution in [0, 0.1) is 11.7 Å². The summed E-state index contributed by atoms with van der Waals surface area (Å²) in [5.41, 5.74) is 1.21. The Balaban J connectivity index is 2.23. The predicted octanol–water partition coefficient (Wildman–Crippen LogP) is 4.11. The number of nitrogens with one attached hydrogen (secondary N) is 1. The van der Waals surface area contributed by atoms with Crippen LogP contribution in [0.3, 0.4) is 0 Å². The number of hydrogen-bond acceptors (Lipinski definition) is 2. The molecule has 0 fully saturated rings. The van der Waals surface area contributed by atoms with E-state index in [1.165, 1.54) is 18.2 Å². The van der Waals surface area contributed by atoms with Gasteiger partial charge in [-0.1, -0.05) is 19.9 Å². The third-order valence-electron chi connectivity index (χ3n) is 3.14. The monoisotopic (exact) mass is 350 g/mol. The van der Waals surface area contributed by atoms with Gasteiger partial charge in [0.1, 0.15) is 5.82 Å². The van der Waals surface area contributed by atoms with Gasteiger partial charge in [-0.15, -0.1) is 0 Å². The molecule has 0 aliphatic rings. The summed E-state index contributed by atoms with van der Waals surface area (Å²) < 4.78 is 13.5. The van der Waals surface area contributed by atoms with E-state index in [0.29, 0.717) is 10.0 Å². The number of rotatable bonds is 4. The molecule has 0 radical (unpaired) electrons. The quantitative estimate of drug-likeness (QED) is 0.901. The molecule has 2 aromatic rings. The highest BCUT2D eigenvalue weighted by Gasteiger charge is 2.21. The molecule has 110 valence electrons. The van der Waals surface area contributed by atoms with Gasteiger partial charge in [-0.25, -0.2) is 4.39 Å². The Labute approximate surface area is 131 Å². The molecule has 0 saturated carbocycles. The van der Waals surface area contributed by atoms with Gasteiger partial charge in [0.2, 0.25) is 0 Å². The van der Waals surface area contributed by atoms with Crippen molar-refractivity contribution in [3.63, 3.8) is 0 Å². The zero-order valence-electron chi connectivity index (χ0n) is 11.8. The van der Waals surface area contributed by atoms with E-state index >= 15 is 0 Å². The van der Waals surface area contributed by atoms with Crippen LogP contribution in [0.5, 0.6) is 0 Å². The maximum Gasteiger partial charge on any atom is 0.252 e. The molecule has 1 atom stereocenters. The van der Waals surface area contributed by atoms with Gasteiger partial charge in [-0.3, -0.25) is 9.78 Å². The molecule has 0 spiro atoms. The van der Waals surface area contributed by atoms with Crippen LogP contribution in [0.15, 0.2) is 47.1 Å². The predicted molar refractivity (Wildman–Crippen MR) is 83.4 cm³/mol. The average molecular weight is 351 g/mol. The molecule has 2 rings (SSSR count). The molecule has 0 aliphatic carbocycles. The van der Waals surface area contributed by atoms with Crippen LogP contribution in [0.4, 0.5) is 4.39 Å². The molecule has 1 N–H and O–H groups in total. The lowest BCUT2D eigenvalue weighted by atomic mass is 10.00. The molecule has 1 aromatic carbocycles. The maximum atomic E-state index is 13.1. The standard InChI is InChI=1S/C16H16BrFN2O/c1-10(2)15(14-5-3-4-8-19-14)20-16(21)12-7-6-11(18)9-13(12)17/h3-10,15H,1-2H3,(H,20,21). The van der Waals surface area contributed by atoms with Crippen molar-refractivity contribution < 1.29 is 9.18 Å². The fourth-order valence-corrected chi connectivity index (χ4v) is 2.57. The van der Waals surface area contributed by atoms with Gasteiger partial charge >= 0.3 is 0 Å². The van der Waals surface area contributed by atoms with Crippen LogP contribution in [0.2, 0.25) is 0 Å². The van der Waals surface area contributed by atoms with E-state index in [9.17, 15) is 9.18 Å². The molecule has 1 heterocycles. The molecule has 1 aromatic heterocycles. The van der Waals surface area contributed by atoms with E-state index in [0.717, 1.165) is 5.69 Å². The third kappa shape index (κ3) is 3.88. The summed E-state index contributed by atoms with van der Waals surface area (Å²) in [7, 11) is 0. The van der Waals surface area contributed by atoms with Gasteiger partial charge in [0.05, 0.1) is 17.3 Å². The highest BCUT2D eigenvalue weighted by atomic mass is 79.9. The topological polar surface area (TPSA) is 42.0 Å². The number of pyridine rings is 1. The zero-order chi connectivity index (χ0) is 15.4. The van der Waals surface area contributed by atoms with E-state index in [4.69, 9.17) is 0 Å². The van der Waals surface area contributed by atoms with Crippen molar-refractivity contribution in [3.05, 3.63) is 64.1 Å². The first kappa shape index (κ1) is 15.6. The van der Waals surface area contributed by atoms with Crippen LogP contribution in [-0.2, 0) is 0 Å². The minimum atomic E-state index is -0.386. The highest BCUT2D eigenvalue weighted by molar-refractivity contribution is 9.10. The number of carbonyl (C=O) groups excluding carboxylic acids is 1. The average Bonchev–Trinajstić information content (AvgIpc) is 2.45. The summed E-state index contributed by atoms with van der Waals surface area (Å²) in [5, 5.41) is 2.96. The maximum absolute atomic E-state index is 13.1. The Kier molecular flexibility index (Phi) is 5.07. The summed E-state index contributed by atoms with van der Waals surface area (Å²) in [6, 6.07) is 9.41. The Morgan fingerprint density at radius 3 is 2.62 bits per heavy atom. The second-order valence-electron chi connectivity index (χ2n) is 5.07. The van der Waals surface area contributed by atoms with Gasteiger partial charge in [-0.2, -0.15) is 0 Å². The molecule has 5 heteroatoms. The normalized spacial score (nSPS) is 12.2. The Bertz CT molecular complexity index is 631. The summed E-state index contributed by atoms with van der Waals surface area (Å²) in [4.78, 5) is 16.7. The molecule has 1 amide bonds. The molecule has 0 aliphatic heterocycles. The minimum absolute atomic E-state index is 0.183. The molecule has 0 saturated heterocycles. The van der Waals surface area contributed by atoms with Gasteiger partial charge in [0.25, 0.3) is 5.91 Å². The number of hydrogen-bond donors (Lipinski definition) is 1. The fraction of sp³-hybridized carbons (Fsp3) is 0.250. The lowest BCUT2D eigenvalue weighted by molar-refractivity contribution is 0.0923. The zero-order valence-corrected chi connectivity index (χ0v) is 13.4. The lowest BCUT2D eigenvalue weighted by Gasteiger charge is -2.22. The number of aromatic nitrogens is 1. The Morgan fingerprint density at radius 1 is 1.29 bits per heavy atom. The summed E-state index contributed by atoms with van der Waals surface area (Å²) in [5.74, 6) is -0.460. The van der Waals surface area contributed by atoms with Crippen LogP contribution in [0.25, 0.3) is 0 Å². The highest BCUT2D eigenvalue weighted by Crippen LogP contribution is 2.22. The SMILES string of the molecule is CC(C)C(NC(=O)c1ccc(F)cc1Br)c1ccccn1. The van der Waals surface area contributed by atoms with Gasteiger partial charge in [0.15, 0.2) is 0 Å². The third-order valence-corrected chi connectivity index (χ3v) is 3.79. The number of benzene rings is 1. The number of nitrogens with zero attached hydrogens (tertiary/aromatic N) is 1. The van der Waals surface area contributed by atoms with Crippen molar-refractivity contribution in [3.8, 4) is 0 Å². The molecule has 1 unspecified atom stereocenters. The van der Waals surface area contributed by atoms with Crippen molar-refractivity contribution >= 4 is 21.8 Å². The first-order valence-electron chi connectivity index (χ1n) is 6.66. The van der Waals surface area contributed by atoms with E-state index in [2.05, 4.69) is 26.2 Å². The van der Waals surface area contributed by atoms with Gasteiger partial charge in [0, 0.05) is 10.7 Å². The van der Waals surface area contributed by atoms with E-state index < -0.39 is 0 Å². The van der Waals surface area contributed by atoms with Crippen molar-refractivity contribution in [2.75, 3.05) is 0 Å². The Hall–Kier alpha value is -1.75. The fourth-order valence-electron chi connectivity index (χ4n) is 2.03. The van der Waals surface area contributed by atoms with Gasteiger partial charge < -0.3 is 5.32 Å². The van der Waals surface area contributed by atoms with Crippen LogP contribution in [-0.4, -0.2) is 10.9 Å². The lowest BCUT2D eigenvalue weighted by Crippen LogP contribution is -2.32. The van der Waals surface area contributed by atoms with Gasteiger partial charge in [-0.05, 0) is 52.2 Å². The molecule has 21 heavy (non-hydrogen) atoms. The molecular formula is C16H16BrFN2O. The smallest absolute Gasteiger partial charge is 0.252 e. The minimum Gasteiger partial charge on any atom is -0.343 e. The first-order chi connectivity index (χ1) is 9.99. The molecule has 0 bridgehead atoms. The van der Waals surface area contributed by atoms with Crippen molar-refractivity contribution in [2.45, 2.75) is 19.9 Å². The van der Waals surface area contributed by atoms with E-state index in [1.807, 2.05) is 32.0 Å². The number of carbonyl (C=O) groups is 1. The number of amides is 1. The van der Waals surface area contributed by atoms with E-state index in [-0.39, 0.29) is 23.7 Å². The second kappa shape index (κ2) is 6.80.